The Labute approximate surface area is 110 Å². The van der Waals surface area contributed by atoms with Gasteiger partial charge in [0.05, 0.1) is 6.04 Å². The van der Waals surface area contributed by atoms with E-state index < -0.39 is 0 Å². The number of carbonyl (C=O) groups is 1. The molecule has 0 spiro atoms. The normalized spacial score (nSPS) is 26.6. The maximum Gasteiger partial charge on any atom is 0.240 e. The van der Waals surface area contributed by atoms with Gasteiger partial charge in [-0.2, -0.15) is 0 Å². The maximum atomic E-state index is 12.4. The zero-order valence-electron chi connectivity index (χ0n) is 11.9. The van der Waals surface area contributed by atoms with Crippen LogP contribution in [-0.2, 0) is 4.79 Å². The molecule has 18 heavy (non-hydrogen) atoms. The molecule has 4 nitrogen and oxygen atoms in total. The third kappa shape index (κ3) is 3.04. The molecule has 1 amide bonds. The van der Waals surface area contributed by atoms with Crippen molar-refractivity contribution < 1.29 is 4.79 Å². The lowest BCUT2D eigenvalue weighted by Gasteiger charge is -2.31. The minimum absolute atomic E-state index is 0.160. The summed E-state index contributed by atoms with van der Waals surface area (Å²) in [5.41, 5.74) is 6.03. The average molecular weight is 253 g/mol. The van der Waals surface area contributed by atoms with Crippen molar-refractivity contribution in [1.82, 2.24) is 9.80 Å². The lowest BCUT2D eigenvalue weighted by atomic mass is 10.0. The van der Waals surface area contributed by atoms with E-state index in [-0.39, 0.29) is 17.9 Å². The average Bonchev–Trinajstić information content (AvgIpc) is 3.09. The molecule has 104 valence electrons. The van der Waals surface area contributed by atoms with Crippen LogP contribution < -0.4 is 5.73 Å². The molecular weight excluding hydrogens is 226 g/mol. The number of nitrogens with zero attached hydrogens (tertiary/aromatic N) is 2. The second-order valence-corrected chi connectivity index (χ2v) is 6.27. The Bertz CT molecular complexity index is 301. The van der Waals surface area contributed by atoms with Crippen LogP contribution in [0.25, 0.3) is 0 Å². The van der Waals surface area contributed by atoms with Gasteiger partial charge in [-0.1, -0.05) is 13.8 Å². The number of nitrogens with two attached hydrogens (primary N) is 1. The Kier molecular flexibility index (Phi) is 4.28. The standard InChI is InChI=1S/C14H27N3O/c1-10(2)13(15)14(18)17(11-6-7-11)9-12-5-4-8-16(12)3/h10-13H,4-9,15H2,1-3H3/t12?,13-/m0/s1. The van der Waals surface area contributed by atoms with E-state index >= 15 is 0 Å². The lowest BCUT2D eigenvalue weighted by molar-refractivity contribution is -0.134. The summed E-state index contributed by atoms with van der Waals surface area (Å²) in [6, 6.07) is 0.669. The van der Waals surface area contributed by atoms with E-state index in [9.17, 15) is 4.79 Å². The molecule has 0 bridgehead atoms. The fourth-order valence-electron chi connectivity index (χ4n) is 2.72. The molecule has 2 rings (SSSR count). The van der Waals surface area contributed by atoms with Crippen LogP contribution >= 0.6 is 0 Å². The Balaban J connectivity index is 1.97. The molecule has 0 aromatic carbocycles. The molecule has 2 aliphatic rings. The SMILES string of the molecule is CC(C)[C@H](N)C(=O)N(CC1CCCN1C)C1CC1. The summed E-state index contributed by atoms with van der Waals surface area (Å²) < 4.78 is 0. The van der Waals surface area contributed by atoms with E-state index in [1.807, 2.05) is 13.8 Å². The minimum atomic E-state index is -0.336. The van der Waals surface area contributed by atoms with Crippen molar-refractivity contribution in [3.8, 4) is 0 Å². The van der Waals surface area contributed by atoms with Gasteiger partial charge in [-0.3, -0.25) is 4.79 Å². The van der Waals surface area contributed by atoms with Gasteiger partial charge in [0.15, 0.2) is 0 Å². The highest BCUT2D eigenvalue weighted by atomic mass is 16.2. The van der Waals surface area contributed by atoms with Gasteiger partial charge in [0, 0.05) is 18.6 Å². The number of carbonyl (C=O) groups excluding carboxylic acids is 1. The van der Waals surface area contributed by atoms with Crippen molar-refractivity contribution in [1.29, 1.82) is 0 Å². The van der Waals surface area contributed by atoms with Crippen molar-refractivity contribution in [2.24, 2.45) is 11.7 Å². The molecule has 1 aliphatic carbocycles. The van der Waals surface area contributed by atoms with Crippen molar-refractivity contribution in [3.63, 3.8) is 0 Å². The zero-order chi connectivity index (χ0) is 13.3. The first-order chi connectivity index (χ1) is 8.50. The van der Waals surface area contributed by atoms with Crippen molar-refractivity contribution in [2.75, 3.05) is 20.1 Å². The van der Waals surface area contributed by atoms with Crippen LogP contribution in [0.1, 0.15) is 39.5 Å². The second-order valence-electron chi connectivity index (χ2n) is 6.27. The number of likely N-dealkylation sites (N-methyl/N-ethyl adjacent to an activating group) is 1. The van der Waals surface area contributed by atoms with Crippen LogP contribution in [0.5, 0.6) is 0 Å². The highest BCUT2D eigenvalue weighted by Crippen LogP contribution is 2.29. The van der Waals surface area contributed by atoms with Crippen molar-refractivity contribution in [3.05, 3.63) is 0 Å². The van der Waals surface area contributed by atoms with E-state index in [0.717, 1.165) is 25.9 Å². The molecule has 0 aromatic heterocycles. The van der Waals surface area contributed by atoms with E-state index in [2.05, 4.69) is 16.8 Å². The fourth-order valence-corrected chi connectivity index (χ4v) is 2.72. The molecule has 4 heteroatoms. The zero-order valence-corrected chi connectivity index (χ0v) is 11.9. The van der Waals surface area contributed by atoms with Gasteiger partial charge >= 0.3 is 0 Å². The molecule has 1 aliphatic heterocycles. The molecule has 2 atom stereocenters. The highest BCUT2D eigenvalue weighted by Gasteiger charge is 2.37. The molecule has 1 unspecified atom stereocenters. The maximum absolute atomic E-state index is 12.4. The summed E-state index contributed by atoms with van der Waals surface area (Å²) in [7, 11) is 2.16. The third-order valence-corrected chi connectivity index (χ3v) is 4.35. The predicted octanol–water partition coefficient (Wildman–Crippen LogP) is 1.05. The second kappa shape index (κ2) is 5.57. The van der Waals surface area contributed by atoms with Crippen LogP contribution in [-0.4, -0.2) is 54.0 Å². The fraction of sp³-hybridized carbons (Fsp3) is 0.929. The smallest absolute Gasteiger partial charge is 0.240 e. The predicted molar refractivity (Wildman–Crippen MR) is 73.2 cm³/mol. The van der Waals surface area contributed by atoms with Gasteiger partial charge in [-0.25, -0.2) is 0 Å². The number of hydrogen-bond donors (Lipinski definition) is 1. The largest absolute Gasteiger partial charge is 0.337 e. The molecule has 1 saturated heterocycles. The van der Waals surface area contributed by atoms with E-state index in [1.165, 1.54) is 12.8 Å². The van der Waals surface area contributed by atoms with Crippen LogP contribution in [0.2, 0.25) is 0 Å². The van der Waals surface area contributed by atoms with Crippen LogP contribution in [0, 0.1) is 5.92 Å². The summed E-state index contributed by atoms with van der Waals surface area (Å²) in [6.45, 7) is 6.08. The van der Waals surface area contributed by atoms with Crippen LogP contribution in [0.3, 0.4) is 0 Å². The summed E-state index contributed by atoms with van der Waals surface area (Å²) >= 11 is 0. The minimum Gasteiger partial charge on any atom is -0.337 e. The molecule has 1 heterocycles. The van der Waals surface area contributed by atoms with E-state index in [4.69, 9.17) is 5.73 Å². The number of likely N-dealkylation sites (tertiary alicyclic amines) is 1. The molecule has 1 saturated carbocycles. The third-order valence-electron chi connectivity index (χ3n) is 4.35. The quantitative estimate of drug-likeness (QED) is 0.797. The Morgan fingerprint density at radius 3 is 2.50 bits per heavy atom. The van der Waals surface area contributed by atoms with Gasteiger partial charge in [0.2, 0.25) is 5.91 Å². The van der Waals surface area contributed by atoms with E-state index in [1.54, 1.807) is 0 Å². The first-order valence-electron chi connectivity index (χ1n) is 7.27. The molecule has 0 radical (unpaired) electrons. The van der Waals surface area contributed by atoms with Gasteiger partial charge in [0.25, 0.3) is 0 Å². The van der Waals surface area contributed by atoms with Crippen LogP contribution in [0.15, 0.2) is 0 Å². The summed E-state index contributed by atoms with van der Waals surface area (Å²) in [5, 5.41) is 0. The Morgan fingerprint density at radius 2 is 2.06 bits per heavy atom. The Morgan fingerprint density at radius 1 is 1.39 bits per heavy atom. The monoisotopic (exact) mass is 253 g/mol. The molecule has 2 N–H and O–H groups in total. The van der Waals surface area contributed by atoms with Crippen molar-refractivity contribution in [2.45, 2.75) is 57.7 Å². The van der Waals surface area contributed by atoms with Crippen LogP contribution in [0.4, 0.5) is 0 Å². The van der Waals surface area contributed by atoms with Gasteiger partial charge < -0.3 is 15.5 Å². The Hall–Kier alpha value is -0.610. The van der Waals surface area contributed by atoms with Gasteiger partial charge in [0.1, 0.15) is 0 Å². The molecular formula is C14H27N3O. The summed E-state index contributed by atoms with van der Waals surface area (Å²) in [4.78, 5) is 16.9. The number of rotatable bonds is 5. The van der Waals surface area contributed by atoms with Crippen molar-refractivity contribution >= 4 is 5.91 Å². The first kappa shape index (κ1) is 13.8. The summed E-state index contributed by atoms with van der Waals surface area (Å²) in [6.07, 6.45) is 4.79. The molecule has 0 aromatic rings. The van der Waals surface area contributed by atoms with Gasteiger partial charge in [-0.15, -0.1) is 0 Å². The molecule has 2 fully saturated rings. The lowest BCUT2D eigenvalue weighted by Crippen LogP contribution is -2.51. The van der Waals surface area contributed by atoms with Gasteiger partial charge in [-0.05, 0) is 45.2 Å². The topological polar surface area (TPSA) is 49.6 Å². The van der Waals surface area contributed by atoms with E-state index in [0.29, 0.717) is 12.1 Å². The highest BCUT2D eigenvalue weighted by molar-refractivity contribution is 5.82. The number of hydrogen-bond acceptors (Lipinski definition) is 3. The summed E-state index contributed by atoms with van der Waals surface area (Å²) in [5.74, 6) is 0.382. The number of amides is 1. The first-order valence-corrected chi connectivity index (χ1v) is 7.27.